The summed E-state index contributed by atoms with van der Waals surface area (Å²) >= 11 is 0. The van der Waals surface area contributed by atoms with Crippen LogP contribution in [0.5, 0.6) is 0 Å². The van der Waals surface area contributed by atoms with Gasteiger partial charge < -0.3 is 4.74 Å². The number of ketones is 1. The van der Waals surface area contributed by atoms with Crippen LogP contribution in [0.2, 0.25) is 0 Å². The Balaban J connectivity index is 0.000000531. The molecule has 1 aliphatic rings. The number of nitrogens with zero attached hydrogens (tertiary/aromatic N) is 1. The Hall–Kier alpha value is -1.64. The van der Waals surface area contributed by atoms with Gasteiger partial charge in [-0.1, -0.05) is 26.0 Å². The van der Waals surface area contributed by atoms with Crippen molar-refractivity contribution in [3.05, 3.63) is 29.8 Å². The van der Waals surface area contributed by atoms with E-state index >= 15 is 0 Å². The number of carbonyl (C=O) groups is 1. The van der Waals surface area contributed by atoms with Crippen molar-refractivity contribution in [1.29, 1.82) is 0 Å². The van der Waals surface area contributed by atoms with Gasteiger partial charge in [-0.3, -0.25) is 4.79 Å². The third-order valence-corrected chi connectivity index (χ3v) is 1.89. The highest BCUT2D eigenvalue weighted by Crippen LogP contribution is 2.21. The average molecular weight is 205 g/mol. The Morgan fingerprint density at radius 3 is 2.67 bits per heavy atom. The van der Waals surface area contributed by atoms with Crippen LogP contribution in [0.25, 0.3) is 0 Å². The SMILES string of the molecule is CC.CC1=Nc2ccccc2C(=O)CO1. The maximum atomic E-state index is 11.5. The van der Waals surface area contributed by atoms with Crippen LogP contribution in [-0.4, -0.2) is 18.3 Å². The van der Waals surface area contributed by atoms with E-state index in [0.717, 1.165) is 0 Å². The first-order chi connectivity index (χ1) is 7.27. The number of carbonyl (C=O) groups excluding carboxylic acids is 1. The predicted octanol–water partition coefficient (Wildman–Crippen LogP) is 2.98. The van der Waals surface area contributed by atoms with E-state index in [1.165, 1.54) is 0 Å². The lowest BCUT2D eigenvalue weighted by molar-refractivity contribution is 0.0917. The van der Waals surface area contributed by atoms with Crippen LogP contribution in [0.15, 0.2) is 29.3 Å². The molecule has 15 heavy (non-hydrogen) atoms. The minimum atomic E-state index is -0.0174. The van der Waals surface area contributed by atoms with Crippen molar-refractivity contribution in [3.8, 4) is 0 Å². The molecule has 80 valence electrons. The van der Waals surface area contributed by atoms with Crippen LogP contribution in [0.1, 0.15) is 31.1 Å². The van der Waals surface area contributed by atoms with Gasteiger partial charge in [0.15, 0.2) is 12.5 Å². The maximum Gasteiger partial charge on any atom is 0.202 e. The van der Waals surface area contributed by atoms with Gasteiger partial charge >= 0.3 is 0 Å². The molecule has 1 heterocycles. The van der Waals surface area contributed by atoms with Gasteiger partial charge in [-0.15, -0.1) is 0 Å². The summed E-state index contributed by atoms with van der Waals surface area (Å²) in [5, 5.41) is 0. The fourth-order valence-electron chi connectivity index (χ4n) is 1.26. The quantitative estimate of drug-likeness (QED) is 0.653. The molecule has 3 nitrogen and oxygen atoms in total. The summed E-state index contributed by atoms with van der Waals surface area (Å²) in [5.41, 5.74) is 1.34. The first kappa shape index (κ1) is 11.4. The number of benzene rings is 1. The van der Waals surface area contributed by atoms with E-state index in [0.29, 0.717) is 17.1 Å². The highest BCUT2D eigenvalue weighted by molar-refractivity contribution is 6.04. The minimum Gasteiger partial charge on any atom is -0.473 e. The molecule has 0 atom stereocenters. The van der Waals surface area contributed by atoms with Crippen LogP contribution in [-0.2, 0) is 4.74 Å². The fraction of sp³-hybridized carbons (Fsp3) is 0.333. The number of ether oxygens (including phenoxy) is 1. The Labute approximate surface area is 89.8 Å². The molecule has 0 saturated carbocycles. The third-order valence-electron chi connectivity index (χ3n) is 1.89. The Kier molecular flexibility index (Phi) is 4.03. The average Bonchev–Trinajstić information content (AvgIpc) is 2.42. The van der Waals surface area contributed by atoms with Crippen molar-refractivity contribution in [2.24, 2.45) is 4.99 Å². The predicted molar refractivity (Wildman–Crippen MR) is 60.8 cm³/mol. The van der Waals surface area contributed by atoms with Gasteiger partial charge in [0.1, 0.15) is 0 Å². The van der Waals surface area contributed by atoms with Crippen LogP contribution >= 0.6 is 0 Å². The molecule has 0 spiro atoms. The van der Waals surface area contributed by atoms with Crippen LogP contribution in [0.3, 0.4) is 0 Å². The fourth-order valence-corrected chi connectivity index (χ4v) is 1.26. The number of fused-ring (bicyclic) bond motifs is 1. The molecule has 2 rings (SSSR count). The number of para-hydroxylation sites is 1. The zero-order valence-electron chi connectivity index (χ0n) is 9.28. The summed E-state index contributed by atoms with van der Waals surface area (Å²) in [7, 11) is 0. The zero-order valence-corrected chi connectivity index (χ0v) is 9.28. The van der Waals surface area contributed by atoms with Crippen molar-refractivity contribution in [2.45, 2.75) is 20.8 Å². The second-order valence-electron chi connectivity index (χ2n) is 2.86. The first-order valence-corrected chi connectivity index (χ1v) is 5.08. The monoisotopic (exact) mass is 205 g/mol. The van der Waals surface area contributed by atoms with Crippen molar-refractivity contribution in [3.63, 3.8) is 0 Å². The number of hydrogen-bond donors (Lipinski definition) is 0. The van der Waals surface area contributed by atoms with Gasteiger partial charge in [-0.25, -0.2) is 4.99 Å². The maximum absolute atomic E-state index is 11.5. The van der Waals surface area contributed by atoms with E-state index in [9.17, 15) is 4.79 Å². The summed E-state index contributed by atoms with van der Waals surface area (Å²) < 4.78 is 5.10. The van der Waals surface area contributed by atoms with E-state index in [4.69, 9.17) is 4.74 Å². The van der Waals surface area contributed by atoms with Gasteiger partial charge in [0.25, 0.3) is 0 Å². The molecule has 0 fully saturated rings. The molecule has 0 aliphatic carbocycles. The van der Waals surface area contributed by atoms with E-state index in [-0.39, 0.29) is 12.4 Å². The molecule has 1 aliphatic heterocycles. The summed E-state index contributed by atoms with van der Waals surface area (Å²) in [6, 6.07) is 7.26. The third kappa shape index (κ3) is 2.65. The van der Waals surface area contributed by atoms with Crippen molar-refractivity contribution >= 4 is 17.4 Å². The molecule has 0 aromatic heterocycles. The largest absolute Gasteiger partial charge is 0.473 e. The standard InChI is InChI=1S/C10H9NO2.C2H6/c1-7-11-9-5-3-2-4-8(9)10(12)6-13-7;1-2/h2-5H,6H2,1H3;1-2H3. The zero-order chi connectivity index (χ0) is 11.3. The number of rotatable bonds is 0. The molecule has 0 radical (unpaired) electrons. The summed E-state index contributed by atoms with van der Waals surface area (Å²) in [5.74, 6) is 0.523. The highest BCUT2D eigenvalue weighted by atomic mass is 16.5. The molecule has 0 unspecified atom stereocenters. The second kappa shape index (κ2) is 5.29. The van der Waals surface area contributed by atoms with E-state index < -0.39 is 0 Å². The Morgan fingerprint density at radius 2 is 1.93 bits per heavy atom. The van der Waals surface area contributed by atoms with Gasteiger partial charge in [0.2, 0.25) is 5.78 Å². The van der Waals surface area contributed by atoms with Gasteiger partial charge in [0, 0.05) is 12.5 Å². The van der Waals surface area contributed by atoms with E-state index in [2.05, 4.69) is 4.99 Å². The summed E-state index contributed by atoms with van der Waals surface area (Å²) in [6.07, 6.45) is 0. The van der Waals surface area contributed by atoms with Crippen LogP contribution in [0.4, 0.5) is 5.69 Å². The molecule has 0 saturated heterocycles. The van der Waals surface area contributed by atoms with E-state index in [1.54, 1.807) is 13.0 Å². The molecule has 1 aromatic carbocycles. The topological polar surface area (TPSA) is 38.7 Å². The normalized spacial score (nSPS) is 13.8. The lowest BCUT2D eigenvalue weighted by Crippen LogP contribution is -2.08. The summed E-state index contributed by atoms with van der Waals surface area (Å²) in [6.45, 7) is 5.84. The lowest BCUT2D eigenvalue weighted by Gasteiger charge is -1.98. The smallest absolute Gasteiger partial charge is 0.202 e. The van der Waals surface area contributed by atoms with Crippen molar-refractivity contribution in [1.82, 2.24) is 0 Å². The molecule has 0 amide bonds. The van der Waals surface area contributed by atoms with Crippen molar-refractivity contribution in [2.75, 3.05) is 6.61 Å². The molecular weight excluding hydrogens is 190 g/mol. The molecule has 0 bridgehead atoms. The Bertz CT molecular complexity index is 383. The van der Waals surface area contributed by atoms with Gasteiger partial charge in [0.05, 0.1) is 5.69 Å². The Morgan fingerprint density at radius 1 is 1.27 bits per heavy atom. The number of hydrogen-bond acceptors (Lipinski definition) is 3. The molecule has 0 N–H and O–H groups in total. The number of Topliss-reactive ketones (excluding diaryl/α,β-unsaturated/α-hetero) is 1. The van der Waals surface area contributed by atoms with Gasteiger partial charge in [-0.2, -0.15) is 0 Å². The summed E-state index contributed by atoms with van der Waals surface area (Å²) in [4.78, 5) is 15.6. The lowest BCUT2D eigenvalue weighted by atomic mass is 10.1. The molecular formula is C12H15NO2. The van der Waals surface area contributed by atoms with Crippen molar-refractivity contribution < 1.29 is 9.53 Å². The van der Waals surface area contributed by atoms with Crippen LogP contribution in [0, 0.1) is 0 Å². The first-order valence-electron chi connectivity index (χ1n) is 5.08. The van der Waals surface area contributed by atoms with Gasteiger partial charge in [-0.05, 0) is 12.1 Å². The number of aliphatic imine (C=N–C) groups is 1. The van der Waals surface area contributed by atoms with E-state index in [1.807, 2.05) is 32.0 Å². The van der Waals surface area contributed by atoms with Crippen LogP contribution < -0.4 is 0 Å². The second-order valence-corrected chi connectivity index (χ2v) is 2.86. The minimum absolute atomic E-state index is 0.0174. The molecule has 1 aromatic rings. The highest BCUT2D eigenvalue weighted by Gasteiger charge is 2.14. The molecule has 3 heteroatoms.